The van der Waals surface area contributed by atoms with Crippen molar-refractivity contribution in [2.45, 2.75) is 31.5 Å². The lowest BCUT2D eigenvalue weighted by molar-refractivity contribution is -0.137. The van der Waals surface area contributed by atoms with E-state index in [-0.39, 0.29) is 10.6 Å². The maximum atomic E-state index is 12.7. The highest BCUT2D eigenvalue weighted by Gasteiger charge is 2.44. The van der Waals surface area contributed by atoms with Crippen LogP contribution in [0.3, 0.4) is 0 Å². The van der Waals surface area contributed by atoms with Gasteiger partial charge in [-0.3, -0.25) is 0 Å². The summed E-state index contributed by atoms with van der Waals surface area (Å²) in [6, 6.07) is 3.62. The number of alkyl halides is 3. The number of nitrogens with one attached hydrogen (secondary N) is 1. The van der Waals surface area contributed by atoms with Gasteiger partial charge in [0.05, 0.1) is 16.3 Å². The van der Waals surface area contributed by atoms with E-state index >= 15 is 0 Å². The van der Waals surface area contributed by atoms with E-state index in [2.05, 4.69) is 17.1 Å². The third kappa shape index (κ3) is 2.99. The number of rotatable bonds is 2. The fourth-order valence-corrected chi connectivity index (χ4v) is 3.45. The highest BCUT2D eigenvalue weighted by Crippen LogP contribution is 2.42. The molecule has 0 aromatic heterocycles. The molecule has 21 heavy (non-hydrogen) atoms. The van der Waals surface area contributed by atoms with Gasteiger partial charge in [-0.15, -0.1) is 0 Å². The molecule has 2 fully saturated rings. The van der Waals surface area contributed by atoms with Crippen molar-refractivity contribution in [1.82, 2.24) is 5.32 Å². The summed E-state index contributed by atoms with van der Waals surface area (Å²) < 4.78 is 38.1. The molecule has 1 aromatic rings. The second kappa shape index (κ2) is 5.06. The van der Waals surface area contributed by atoms with E-state index in [0.29, 0.717) is 11.6 Å². The smallest absolute Gasteiger partial charge is 0.367 e. The van der Waals surface area contributed by atoms with Gasteiger partial charge in [0, 0.05) is 25.2 Å². The molecule has 3 rings (SSSR count). The third-order valence-corrected chi connectivity index (χ3v) is 4.83. The Morgan fingerprint density at radius 1 is 1.33 bits per heavy atom. The molecular weight excluding hydrogens is 301 g/mol. The molecule has 1 atom stereocenters. The molecule has 1 heterocycles. The van der Waals surface area contributed by atoms with Crippen LogP contribution in [-0.4, -0.2) is 25.2 Å². The van der Waals surface area contributed by atoms with Gasteiger partial charge in [0.1, 0.15) is 0 Å². The highest BCUT2D eigenvalue weighted by molar-refractivity contribution is 6.33. The van der Waals surface area contributed by atoms with Gasteiger partial charge in [0.15, 0.2) is 0 Å². The Bertz CT molecular complexity index is 542. The Hall–Kier alpha value is -0.940. The second-order valence-corrected chi connectivity index (χ2v) is 6.61. The van der Waals surface area contributed by atoms with Crippen molar-refractivity contribution in [2.24, 2.45) is 5.92 Å². The lowest BCUT2D eigenvalue weighted by atomic mass is 9.92. The van der Waals surface area contributed by atoms with E-state index in [1.165, 1.54) is 18.9 Å². The molecule has 2 nitrogen and oxygen atoms in total. The molecule has 0 radical (unpaired) electrons. The average Bonchev–Trinajstić information content (AvgIpc) is 3.22. The molecule has 1 saturated heterocycles. The first-order chi connectivity index (χ1) is 9.79. The first kappa shape index (κ1) is 15.0. The van der Waals surface area contributed by atoms with Crippen molar-refractivity contribution in [3.8, 4) is 0 Å². The predicted octanol–water partition coefficient (Wildman–Crippen LogP) is 3.94. The minimum absolute atomic E-state index is 0.0320. The zero-order valence-corrected chi connectivity index (χ0v) is 12.6. The van der Waals surface area contributed by atoms with Crippen molar-refractivity contribution in [1.29, 1.82) is 0 Å². The van der Waals surface area contributed by atoms with Crippen LogP contribution in [0.5, 0.6) is 0 Å². The maximum absolute atomic E-state index is 12.7. The molecule has 1 saturated carbocycles. The molecule has 1 aliphatic carbocycles. The monoisotopic (exact) mass is 318 g/mol. The summed E-state index contributed by atoms with van der Waals surface area (Å²) in [6.45, 7) is 4.55. The first-order valence-electron chi connectivity index (χ1n) is 7.16. The fourth-order valence-electron chi connectivity index (χ4n) is 3.15. The van der Waals surface area contributed by atoms with E-state index in [1.54, 1.807) is 0 Å². The van der Waals surface area contributed by atoms with Crippen molar-refractivity contribution < 1.29 is 13.2 Å². The molecular formula is C15H18ClF3N2. The highest BCUT2D eigenvalue weighted by atomic mass is 35.5. The Balaban J connectivity index is 1.83. The Morgan fingerprint density at radius 3 is 2.62 bits per heavy atom. The lowest BCUT2D eigenvalue weighted by Gasteiger charge is -2.43. The van der Waals surface area contributed by atoms with Crippen molar-refractivity contribution >= 4 is 17.3 Å². The van der Waals surface area contributed by atoms with Crippen molar-refractivity contribution in [3.05, 3.63) is 28.8 Å². The molecule has 1 aromatic carbocycles. The molecule has 2 aliphatic rings. The Labute approximate surface area is 127 Å². The molecule has 1 unspecified atom stereocenters. The van der Waals surface area contributed by atoms with E-state index < -0.39 is 11.7 Å². The SMILES string of the molecule is CC1(C2CC2)CN(c2ccc(C(F)(F)F)cc2Cl)CCN1. The quantitative estimate of drug-likeness (QED) is 0.888. The van der Waals surface area contributed by atoms with E-state index in [9.17, 15) is 13.2 Å². The van der Waals surface area contributed by atoms with Gasteiger partial charge >= 0.3 is 6.18 Å². The number of halogens is 4. The summed E-state index contributed by atoms with van der Waals surface area (Å²) in [7, 11) is 0. The Morgan fingerprint density at radius 2 is 2.05 bits per heavy atom. The zero-order chi connectivity index (χ0) is 15.3. The summed E-state index contributed by atoms with van der Waals surface area (Å²) in [4.78, 5) is 2.09. The fraction of sp³-hybridized carbons (Fsp3) is 0.600. The maximum Gasteiger partial charge on any atom is 0.416 e. The van der Waals surface area contributed by atoms with Crippen LogP contribution in [0.25, 0.3) is 0 Å². The third-order valence-electron chi connectivity index (χ3n) is 4.52. The van der Waals surface area contributed by atoms with E-state index in [1.807, 2.05) is 0 Å². The second-order valence-electron chi connectivity index (χ2n) is 6.20. The average molecular weight is 319 g/mol. The standard InChI is InChI=1S/C15H18ClF3N2/c1-14(10-2-3-10)9-21(7-6-20-14)13-5-4-11(8-12(13)16)15(17,18)19/h4-5,8,10,20H,2-3,6-7,9H2,1H3. The van der Waals surface area contributed by atoms with Gasteiger partial charge in [-0.2, -0.15) is 13.2 Å². The number of nitrogens with zero attached hydrogens (tertiary/aromatic N) is 1. The largest absolute Gasteiger partial charge is 0.416 e. The molecule has 0 amide bonds. The lowest BCUT2D eigenvalue weighted by Crippen LogP contribution is -2.60. The van der Waals surface area contributed by atoms with Crippen LogP contribution < -0.4 is 10.2 Å². The number of piperazine rings is 1. The number of hydrogen-bond donors (Lipinski definition) is 1. The van der Waals surface area contributed by atoms with Crippen LogP contribution in [-0.2, 0) is 6.18 Å². The van der Waals surface area contributed by atoms with Crippen LogP contribution in [0.1, 0.15) is 25.3 Å². The summed E-state index contributed by atoms with van der Waals surface area (Å²) in [6.07, 6.45) is -1.91. The summed E-state index contributed by atoms with van der Waals surface area (Å²) in [5.74, 6) is 0.661. The topological polar surface area (TPSA) is 15.3 Å². The first-order valence-corrected chi connectivity index (χ1v) is 7.54. The normalized spacial score (nSPS) is 27.0. The van der Waals surface area contributed by atoms with E-state index in [4.69, 9.17) is 11.6 Å². The van der Waals surface area contributed by atoms with Gasteiger partial charge in [0.25, 0.3) is 0 Å². The minimum Gasteiger partial charge on any atom is -0.367 e. The van der Waals surface area contributed by atoms with Crippen LogP contribution in [0.2, 0.25) is 5.02 Å². The van der Waals surface area contributed by atoms with Crippen molar-refractivity contribution in [2.75, 3.05) is 24.5 Å². The van der Waals surface area contributed by atoms with E-state index in [0.717, 1.165) is 31.8 Å². The Kier molecular flexibility index (Phi) is 3.61. The van der Waals surface area contributed by atoms with Crippen LogP contribution in [0.4, 0.5) is 18.9 Å². The number of anilines is 1. The summed E-state index contributed by atoms with van der Waals surface area (Å²) >= 11 is 6.10. The molecule has 6 heteroatoms. The van der Waals surface area contributed by atoms with Crippen LogP contribution in [0, 0.1) is 5.92 Å². The number of hydrogen-bond acceptors (Lipinski definition) is 2. The van der Waals surface area contributed by atoms with Gasteiger partial charge in [0.2, 0.25) is 0 Å². The summed E-state index contributed by atoms with van der Waals surface area (Å²) in [5, 5.41) is 3.72. The van der Waals surface area contributed by atoms with Gasteiger partial charge in [-0.1, -0.05) is 11.6 Å². The molecule has 0 spiro atoms. The molecule has 1 aliphatic heterocycles. The van der Waals surface area contributed by atoms with Crippen LogP contribution >= 0.6 is 11.6 Å². The zero-order valence-electron chi connectivity index (χ0n) is 11.8. The van der Waals surface area contributed by atoms with Gasteiger partial charge in [-0.25, -0.2) is 0 Å². The predicted molar refractivity (Wildman–Crippen MR) is 77.8 cm³/mol. The van der Waals surface area contributed by atoms with Gasteiger partial charge in [-0.05, 0) is 43.9 Å². The molecule has 116 valence electrons. The molecule has 0 bridgehead atoms. The summed E-state index contributed by atoms with van der Waals surface area (Å²) in [5.41, 5.74) is 0.0268. The minimum atomic E-state index is -4.35. The number of benzene rings is 1. The molecule has 1 N–H and O–H groups in total. The van der Waals surface area contributed by atoms with Gasteiger partial charge < -0.3 is 10.2 Å². The van der Waals surface area contributed by atoms with Crippen LogP contribution in [0.15, 0.2) is 18.2 Å². The van der Waals surface area contributed by atoms with Crippen molar-refractivity contribution in [3.63, 3.8) is 0 Å².